The first kappa shape index (κ1) is 23.7. The molecule has 0 spiro atoms. The Hall–Kier alpha value is -3.48. The first-order valence-corrected chi connectivity index (χ1v) is 13.5. The predicted octanol–water partition coefficient (Wildman–Crippen LogP) is 6.49. The molecule has 0 amide bonds. The van der Waals surface area contributed by atoms with E-state index in [0.717, 1.165) is 28.2 Å². The number of aryl methyl sites for hydroxylation is 1. The number of aromatic carboxylic acids is 1. The molecule has 0 radical (unpaired) electrons. The Balaban J connectivity index is 1.57. The minimum absolute atomic E-state index is 0.0679. The summed E-state index contributed by atoms with van der Waals surface area (Å²) in [5.41, 5.74) is 3.29. The largest absolute Gasteiger partial charge is 0.478 e. The van der Waals surface area contributed by atoms with Gasteiger partial charge in [-0.1, -0.05) is 78.9 Å². The highest BCUT2D eigenvalue weighted by molar-refractivity contribution is 8.01. The van der Waals surface area contributed by atoms with Crippen molar-refractivity contribution in [1.82, 2.24) is 0 Å². The summed E-state index contributed by atoms with van der Waals surface area (Å²) in [5, 5.41) is 9.83. The minimum atomic E-state index is -3.03. The van der Waals surface area contributed by atoms with Gasteiger partial charge in [0.15, 0.2) is 0 Å². The zero-order chi connectivity index (χ0) is 24.0. The highest BCUT2D eigenvalue weighted by Crippen LogP contribution is 2.31. The summed E-state index contributed by atoms with van der Waals surface area (Å²) in [7, 11) is -3.03. The Bertz CT molecular complexity index is 1390. The SMILES string of the molecule is C=S(=O)(Nc1ccc(SCCc2ccccc2)cc1C(=O)O)c1ccccc1-c1ccccc1. The third-order valence-electron chi connectivity index (χ3n) is 5.33. The number of carbonyl (C=O) groups is 1. The van der Waals surface area contributed by atoms with Crippen molar-refractivity contribution in [2.75, 3.05) is 10.5 Å². The van der Waals surface area contributed by atoms with E-state index >= 15 is 0 Å². The van der Waals surface area contributed by atoms with E-state index in [-0.39, 0.29) is 11.3 Å². The van der Waals surface area contributed by atoms with Crippen molar-refractivity contribution in [3.05, 3.63) is 114 Å². The molecule has 0 aliphatic rings. The fourth-order valence-electron chi connectivity index (χ4n) is 3.65. The van der Waals surface area contributed by atoms with Crippen LogP contribution in [-0.2, 0) is 16.1 Å². The summed E-state index contributed by atoms with van der Waals surface area (Å²) in [6.07, 6.45) is 0.886. The number of anilines is 1. The monoisotopic (exact) mass is 487 g/mol. The van der Waals surface area contributed by atoms with Crippen LogP contribution in [0.4, 0.5) is 5.69 Å². The van der Waals surface area contributed by atoms with Gasteiger partial charge in [-0.15, -0.1) is 11.8 Å². The highest BCUT2D eigenvalue weighted by atomic mass is 32.2. The first-order chi connectivity index (χ1) is 16.4. The van der Waals surface area contributed by atoms with Gasteiger partial charge in [-0.25, -0.2) is 9.00 Å². The van der Waals surface area contributed by atoms with Crippen molar-refractivity contribution in [2.45, 2.75) is 16.2 Å². The van der Waals surface area contributed by atoms with Crippen molar-refractivity contribution >= 4 is 39.0 Å². The third-order valence-corrected chi connectivity index (χ3v) is 7.94. The number of thioether (sulfide) groups is 1. The van der Waals surface area contributed by atoms with Gasteiger partial charge in [0.1, 0.15) is 0 Å². The number of carboxylic acid groups (broad SMARTS) is 1. The maximum atomic E-state index is 13.7. The summed E-state index contributed by atoms with van der Waals surface area (Å²) >= 11 is 1.59. The Labute approximate surface area is 204 Å². The molecule has 4 nitrogen and oxygen atoms in total. The second-order valence-electron chi connectivity index (χ2n) is 7.74. The van der Waals surface area contributed by atoms with Crippen LogP contribution >= 0.6 is 11.8 Å². The Morgan fingerprint density at radius 1 is 0.882 bits per heavy atom. The lowest BCUT2D eigenvalue weighted by molar-refractivity contribution is 0.0697. The van der Waals surface area contributed by atoms with Crippen LogP contribution in [0.5, 0.6) is 0 Å². The van der Waals surface area contributed by atoms with Crippen LogP contribution in [0.15, 0.2) is 113 Å². The number of rotatable bonds is 9. The molecular weight excluding hydrogens is 462 g/mol. The van der Waals surface area contributed by atoms with E-state index in [2.05, 4.69) is 22.7 Å². The van der Waals surface area contributed by atoms with Gasteiger partial charge in [-0.05, 0) is 53.2 Å². The second-order valence-corrected chi connectivity index (χ2v) is 10.9. The van der Waals surface area contributed by atoms with Crippen molar-refractivity contribution in [3.63, 3.8) is 0 Å². The van der Waals surface area contributed by atoms with E-state index in [1.165, 1.54) is 5.56 Å². The zero-order valence-corrected chi connectivity index (χ0v) is 20.1. The van der Waals surface area contributed by atoms with Crippen LogP contribution < -0.4 is 4.72 Å². The molecule has 1 unspecified atom stereocenters. The number of benzene rings is 4. The van der Waals surface area contributed by atoms with Crippen LogP contribution in [0.3, 0.4) is 0 Å². The van der Waals surface area contributed by atoms with Crippen LogP contribution in [0.2, 0.25) is 0 Å². The smallest absolute Gasteiger partial charge is 0.337 e. The van der Waals surface area contributed by atoms with Gasteiger partial charge in [0, 0.05) is 10.6 Å². The van der Waals surface area contributed by atoms with Crippen LogP contribution in [0, 0.1) is 0 Å². The van der Waals surface area contributed by atoms with E-state index in [9.17, 15) is 14.1 Å². The summed E-state index contributed by atoms with van der Waals surface area (Å²) in [5.74, 6) is 3.69. The molecule has 0 saturated carbocycles. The molecule has 0 fully saturated rings. The van der Waals surface area contributed by atoms with Crippen molar-refractivity contribution in [1.29, 1.82) is 0 Å². The molecular formula is C28H25NO3S2. The quantitative estimate of drug-likeness (QED) is 0.209. The van der Waals surface area contributed by atoms with E-state index in [1.807, 2.05) is 66.7 Å². The standard InChI is InChI=1S/C28H25NO3S2/c1-34(32,27-15-9-8-14-24(27)22-12-6-3-7-13-22)29-26-17-16-23(20-25(26)28(30)31)33-19-18-21-10-4-2-5-11-21/h2-17,20H,1,18-19H2,(H,29,32)(H,30,31). The molecule has 4 aromatic rings. The second kappa shape index (κ2) is 10.6. The maximum Gasteiger partial charge on any atom is 0.337 e. The first-order valence-electron chi connectivity index (χ1n) is 10.8. The Kier molecular flexibility index (Phi) is 7.40. The summed E-state index contributed by atoms with van der Waals surface area (Å²) in [6.45, 7) is 0. The van der Waals surface area contributed by atoms with Gasteiger partial charge in [0.05, 0.1) is 25.9 Å². The number of hydrogen-bond donors (Lipinski definition) is 2. The molecule has 34 heavy (non-hydrogen) atoms. The summed E-state index contributed by atoms with van der Waals surface area (Å²) < 4.78 is 16.6. The number of carboxylic acids is 1. The van der Waals surface area contributed by atoms with Gasteiger partial charge in [0.25, 0.3) is 0 Å². The predicted molar refractivity (Wildman–Crippen MR) is 143 cm³/mol. The summed E-state index contributed by atoms with van der Waals surface area (Å²) in [6, 6.07) is 32.3. The van der Waals surface area contributed by atoms with Gasteiger partial charge < -0.3 is 9.83 Å². The summed E-state index contributed by atoms with van der Waals surface area (Å²) in [4.78, 5) is 13.4. The normalized spacial score (nSPS) is 12.6. The molecule has 4 rings (SSSR count). The molecule has 6 heteroatoms. The van der Waals surface area contributed by atoms with Gasteiger partial charge in [-0.3, -0.25) is 0 Å². The molecule has 0 bridgehead atoms. The lowest BCUT2D eigenvalue weighted by atomic mass is 10.1. The molecule has 4 aromatic carbocycles. The Morgan fingerprint density at radius 2 is 1.53 bits per heavy atom. The number of nitrogens with one attached hydrogen (secondary N) is 1. The molecule has 0 aliphatic carbocycles. The fraction of sp³-hybridized carbons (Fsp3) is 0.0714. The average Bonchev–Trinajstić information content (AvgIpc) is 2.86. The lowest BCUT2D eigenvalue weighted by Crippen LogP contribution is -2.16. The van der Waals surface area contributed by atoms with E-state index in [0.29, 0.717) is 4.90 Å². The average molecular weight is 488 g/mol. The topological polar surface area (TPSA) is 66.4 Å². The van der Waals surface area contributed by atoms with Crippen LogP contribution in [0.1, 0.15) is 15.9 Å². The minimum Gasteiger partial charge on any atom is -0.478 e. The van der Waals surface area contributed by atoms with Gasteiger partial charge >= 0.3 is 5.97 Å². The van der Waals surface area contributed by atoms with Crippen LogP contribution in [0.25, 0.3) is 11.1 Å². The molecule has 172 valence electrons. The van der Waals surface area contributed by atoms with Crippen molar-refractivity contribution in [3.8, 4) is 11.1 Å². The highest BCUT2D eigenvalue weighted by Gasteiger charge is 2.18. The van der Waals surface area contributed by atoms with E-state index in [1.54, 1.807) is 36.0 Å². The van der Waals surface area contributed by atoms with Crippen molar-refractivity contribution in [2.24, 2.45) is 0 Å². The zero-order valence-electron chi connectivity index (χ0n) is 18.5. The van der Waals surface area contributed by atoms with Crippen LogP contribution in [-0.4, -0.2) is 26.9 Å². The van der Waals surface area contributed by atoms with Gasteiger partial charge in [0.2, 0.25) is 0 Å². The fourth-order valence-corrected chi connectivity index (χ4v) is 6.08. The van der Waals surface area contributed by atoms with E-state index < -0.39 is 15.7 Å². The molecule has 2 N–H and O–H groups in total. The van der Waals surface area contributed by atoms with Crippen molar-refractivity contribution < 1.29 is 14.1 Å². The van der Waals surface area contributed by atoms with E-state index in [4.69, 9.17) is 0 Å². The molecule has 0 aliphatic heterocycles. The molecule has 1 atom stereocenters. The lowest BCUT2D eigenvalue weighted by Gasteiger charge is -2.18. The van der Waals surface area contributed by atoms with Gasteiger partial charge in [-0.2, -0.15) is 0 Å². The molecule has 0 aromatic heterocycles. The maximum absolute atomic E-state index is 13.7. The molecule has 0 heterocycles. The third kappa shape index (κ3) is 5.71. The Morgan fingerprint density at radius 3 is 2.24 bits per heavy atom. The number of hydrogen-bond acceptors (Lipinski definition) is 3. The molecule has 0 saturated heterocycles.